The van der Waals surface area contributed by atoms with Gasteiger partial charge in [-0.3, -0.25) is 0 Å². The minimum atomic E-state index is -0.343. The van der Waals surface area contributed by atoms with Gasteiger partial charge in [-0.25, -0.2) is 0 Å². The molecule has 0 aromatic rings. The topological polar surface area (TPSA) is 20.2 Å². The van der Waals surface area contributed by atoms with Crippen LogP contribution in [-0.4, -0.2) is 10.7 Å². The second-order valence-corrected chi connectivity index (χ2v) is 5.97. The highest BCUT2D eigenvalue weighted by Crippen LogP contribution is 2.51. The fraction of sp³-hybridized carbons (Fsp3) is 1.00. The van der Waals surface area contributed by atoms with Crippen LogP contribution >= 0.6 is 0 Å². The average Bonchev–Trinajstić information content (AvgIpc) is 2.93. The molecule has 0 amide bonds. The van der Waals surface area contributed by atoms with Gasteiger partial charge < -0.3 is 5.11 Å². The van der Waals surface area contributed by atoms with Crippen LogP contribution in [0.2, 0.25) is 0 Å². The maximum atomic E-state index is 10.4. The summed E-state index contributed by atoms with van der Waals surface area (Å²) in [5, 5.41) is 10.4. The smallest absolute Gasteiger partial charge is 0.0650 e. The van der Waals surface area contributed by atoms with Crippen molar-refractivity contribution in [3.63, 3.8) is 0 Å². The molecule has 88 valence electrons. The molecule has 3 atom stereocenters. The van der Waals surface area contributed by atoms with Crippen LogP contribution in [0.25, 0.3) is 0 Å². The summed E-state index contributed by atoms with van der Waals surface area (Å²) in [4.78, 5) is 0. The van der Waals surface area contributed by atoms with E-state index in [1.54, 1.807) is 0 Å². The molecule has 0 heterocycles. The predicted molar refractivity (Wildman–Crippen MR) is 63.8 cm³/mol. The van der Waals surface area contributed by atoms with Gasteiger partial charge in [-0.05, 0) is 31.6 Å². The summed E-state index contributed by atoms with van der Waals surface area (Å²) in [7, 11) is 0. The Balaban J connectivity index is 1.83. The first kappa shape index (κ1) is 11.4. The lowest BCUT2D eigenvalue weighted by Crippen LogP contribution is -2.27. The van der Waals surface area contributed by atoms with Gasteiger partial charge in [0.2, 0.25) is 0 Å². The van der Waals surface area contributed by atoms with E-state index in [2.05, 4.69) is 6.92 Å². The van der Waals surface area contributed by atoms with Crippen LogP contribution in [0.4, 0.5) is 0 Å². The van der Waals surface area contributed by atoms with Gasteiger partial charge in [0.1, 0.15) is 0 Å². The lowest BCUT2D eigenvalue weighted by Gasteiger charge is -2.24. The summed E-state index contributed by atoms with van der Waals surface area (Å²) < 4.78 is 0. The molecule has 2 aliphatic rings. The van der Waals surface area contributed by atoms with Crippen molar-refractivity contribution in [2.24, 2.45) is 11.8 Å². The molecular weight excluding hydrogens is 184 g/mol. The molecule has 1 heteroatoms. The van der Waals surface area contributed by atoms with Crippen molar-refractivity contribution in [2.45, 2.75) is 76.7 Å². The minimum absolute atomic E-state index is 0.343. The van der Waals surface area contributed by atoms with E-state index in [-0.39, 0.29) is 5.60 Å². The summed E-state index contributed by atoms with van der Waals surface area (Å²) >= 11 is 0. The maximum Gasteiger partial charge on any atom is 0.0650 e. The number of rotatable bonds is 0. The van der Waals surface area contributed by atoms with Crippen LogP contribution in [0.5, 0.6) is 0 Å². The van der Waals surface area contributed by atoms with Crippen molar-refractivity contribution >= 4 is 0 Å². The van der Waals surface area contributed by atoms with E-state index in [1.165, 1.54) is 57.8 Å². The Morgan fingerprint density at radius 1 is 0.933 bits per heavy atom. The second-order valence-electron chi connectivity index (χ2n) is 5.97. The van der Waals surface area contributed by atoms with Gasteiger partial charge in [-0.1, -0.05) is 51.4 Å². The first-order valence-corrected chi connectivity index (χ1v) is 6.92. The van der Waals surface area contributed by atoms with Crippen molar-refractivity contribution in [1.29, 1.82) is 0 Å². The monoisotopic (exact) mass is 210 g/mol. The molecule has 0 aromatic carbocycles. The Bertz CT molecular complexity index is 198. The Morgan fingerprint density at radius 2 is 1.53 bits per heavy atom. The average molecular weight is 210 g/mol. The van der Waals surface area contributed by atoms with Crippen LogP contribution in [0, 0.1) is 11.8 Å². The van der Waals surface area contributed by atoms with E-state index >= 15 is 0 Å². The first-order chi connectivity index (χ1) is 7.20. The highest BCUT2D eigenvalue weighted by molar-refractivity contribution is 4.98. The summed E-state index contributed by atoms with van der Waals surface area (Å²) in [6, 6.07) is 0. The zero-order valence-corrected chi connectivity index (χ0v) is 10.2. The van der Waals surface area contributed by atoms with Crippen molar-refractivity contribution in [2.75, 3.05) is 0 Å². The molecule has 0 radical (unpaired) electrons. The van der Waals surface area contributed by atoms with Crippen LogP contribution in [0.15, 0.2) is 0 Å². The van der Waals surface area contributed by atoms with E-state index < -0.39 is 0 Å². The van der Waals surface area contributed by atoms with Gasteiger partial charge in [0.15, 0.2) is 0 Å². The van der Waals surface area contributed by atoms with E-state index in [4.69, 9.17) is 0 Å². The van der Waals surface area contributed by atoms with E-state index in [0.717, 1.165) is 12.3 Å². The van der Waals surface area contributed by atoms with E-state index in [0.29, 0.717) is 5.92 Å². The van der Waals surface area contributed by atoms with Gasteiger partial charge in [0, 0.05) is 0 Å². The summed E-state index contributed by atoms with van der Waals surface area (Å²) in [5.74, 6) is 1.50. The third kappa shape index (κ3) is 3.21. The normalized spacial score (nSPS) is 43.6. The Labute approximate surface area is 94.3 Å². The van der Waals surface area contributed by atoms with Gasteiger partial charge in [-0.2, -0.15) is 0 Å². The van der Waals surface area contributed by atoms with Crippen molar-refractivity contribution in [3.05, 3.63) is 0 Å². The molecule has 2 aliphatic carbocycles. The molecule has 1 nitrogen and oxygen atoms in total. The number of hydrogen-bond donors (Lipinski definition) is 1. The van der Waals surface area contributed by atoms with Crippen LogP contribution in [0.1, 0.15) is 71.1 Å². The molecule has 0 saturated heterocycles. The zero-order chi connectivity index (χ0) is 10.7. The third-order valence-corrected chi connectivity index (χ3v) is 4.48. The highest BCUT2D eigenvalue weighted by Gasteiger charge is 2.47. The molecule has 0 unspecified atom stereocenters. The van der Waals surface area contributed by atoms with Gasteiger partial charge in [0.25, 0.3) is 0 Å². The summed E-state index contributed by atoms with van der Waals surface area (Å²) in [5.41, 5.74) is -0.343. The van der Waals surface area contributed by atoms with Crippen LogP contribution < -0.4 is 0 Å². The summed E-state index contributed by atoms with van der Waals surface area (Å²) in [6.07, 6.45) is 13.3. The highest BCUT2D eigenvalue weighted by atomic mass is 16.3. The molecule has 2 fully saturated rings. The Kier molecular flexibility index (Phi) is 3.71. The number of aliphatic hydroxyl groups is 1. The lowest BCUT2D eigenvalue weighted by atomic mass is 9.90. The van der Waals surface area contributed by atoms with Gasteiger partial charge in [-0.15, -0.1) is 0 Å². The van der Waals surface area contributed by atoms with Crippen molar-refractivity contribution in [3.8, 4) is 0 Å². The van der Waals surface area contributed by atoms with Crippen molar-refractivity contribution in [1.82, 2.24) is 0 Å². The molecular formula is C14H26O. The summed E-state index contributed by atoms with van der Waals surface area (Å²) in [6.45, 7) is 2.07. The first-order valence-electron chi connectivity index (χ1n) is 6.92. The Hall–Kier alpha value is -0.0400. The van der Waals surface area contributed by atoms with E-state index in [9.17, 15) is 5.11 Å². The molecule has 15 heavy (non-hydrogen) atoms. The zero-order valence-electron chi connectivity index (χ0n) is 10.2. The minimum Gasteiger partial charge on any atom is -0.390 e. The SMILES string of the molecule is C[C@@]1(O)CCCCCCCCC[C@H]2C[C@@H]21. The molecule has 0 spiro atoms. The molecule has 1 N–H and O–H groups in total. The number of fused-ring (bicyclic) bond motifs is 1. The fourth-order valence-electron chi connectivity index (χ4n) is 3.29. The molecule has 0 aromatic heterocycles. The van der Waals surface area contributed by atoms with E-state index in [1.807, 2.05) is 0 Å². The standard InChI is InChI=1S/C14H26O/c1-14(15)10-8-6-4-2-3-5-7-9-12-11-13(12)14/h12-13,15H,2-11H2,1H3/t12-,13-,14+/m0/s1. The molecule has 2 rings (SSSR count). The largest absolute Gasteiger partial charge is 0.390 e. The lowest BCUT2D eigenvalue weighted by molar-refractivity contribution is 0.0194. The molecule has 0 bridgehead atoms. The third-order valence-electron chi connectivity index (χ3n) is 4.48. The molecule has 2 saturated carbocycles. The Morgan fingerprint density at radius 3 is 2.27 bits per heavy atom. The second kappa shape index (κ2) is 4.86. The van der Waals surface area contributed by atoms with Crippen LogP contribution in [0.3, 0.4) is 0 Å². The number of hydrogen-bond acceptors (Lipinski definition) is 1. The predicted octanol–water partition coefficient (Wildman–Crippen LogP) is 3.90. The van der Waals surface area contributed by atoms with Crippen molar-refractivity contribution < 1.29 is 5.11 Å². The van der Waals surface area contributed by atoms with Gasteiger partial charge in [0.05, 0.1) is 5.60 Å². The maximum absolute atomic E-state index is 10.4. The van der Waals surface area contributed by atoms with Crippen LogP contribution in [-0.2, 0) is 0 Å². The quantitative estimate of drug-likeness (QED) is 0.643. The van der Waals surface area contributed by atoms with Gasteiger partial charge >= 0.3 is 0 Å². The fourth-order valence-corrected chi connectivity index (χ4v) is 3.29. The molecule has 0 aliphatic heterocycles.